The van der Waals surface area contributed by atoms with Gasteiger partial charge in [-0.3, -0.25) is 0 Å². The van der Waals surface area contributed by atoms with Gasteiger partial charge < -0.3 is 42.0 Å². The zero-order valence-corrected chi connectivity index (χ0v) is 23.8. The molecule has 2 amide bonds. The first kappa shape index (κ1) is 37.3. The standard InChI is InChI=1S/C9H9NO2.2C6H15O3P.Ag/c1-7(11)10-9(12)8-5-3-2-4-6-8;2*1-4-7-10(8-5-2)9-6-3;/h2-6H,1H3,(H,10,11,12);2*4-6H2,1-3H3;/q;;;+1/p-1. The Morgan fingerprint density at radius 1 is 0.667 bits per heavy atom. The molecule has 0 radical (unpaired) electrons. The molecule has 0 heterocycles. The Morgan fingerprint density at radius 3 is 1.21 bits per heavy atom. The molecule has 1 aromatic rings. The second-order valence-corrected chi connectivity index (χ2v) is 7.70. The van der Waals surface area contributed by atoms with Gasteiger partial charge in [-0.05, 0) is 54.0 Å². The number of carbonyl (C=O) groups excluding carboxylic acids is 2. The first-order valence-electron chi connectivity index (χ1n) is 10.6. The van der Waals surface area contributed by atoms with Crippen molar-refractivity contribution in [3.05, 3.63) is 41.2 Å². The van der Waals surface area contributed by atoms with Gasteiger partial charge >= 0.3 is 39.6 Å². The molecule has 196 valence electrons. The molecule has 1 rings (SSSR count). The second-order valence-electron chi connectivity index (χ2n) is 5.26. The fourth-order valence-electron chi connectivity index (χ4n) is 1.64. The van der Waals surface area contributed by atoms with E-state index in [1.165, 1.54) is 6.92 Å². The number of carbonyl (C=O) groups is 2. The molecule has 0 aliphatic heterocycles. The summed E-state index contributed by atoms with van der Waals surface area (Å²) in [6.45, 7) is 16.7. The minimum absolute atomic E-state index is 0. The van der Waals surface area contributed by atoms with Crippen molar-refractivity contribution >= 4 is 29.0 Å². The van der Waals surface area contributed by atoms with Crippen LogP contribution in [0, 0.1) is 0 Å². The van der Waals surface area contributed by atoms with E-state index in [2.05, 4.69) is 5.32 Å². The molecule has 0 saturated heterocycles. The summed E-state index contributed by atoms with van der Waals surface area (Å²) < 4.78 is 30.9. The summed E-state index contributed by atoms with van der Waals surface area (Å²) in [5, 5.41) is 3.27. The van der Waals surface area contributed by atoms with Crippen molar-refractivity contribution in [3.8, 4) is 0 Å². The maximum absolute atomic E-state index is 11.1. The topological polar surface area (TPSA) is 104 Å². The molecule has 0 N–H and O–H groups in total. The quantitative estimate of drug-likeness (QED) is 0.189. The second kappa shape index (κ2) is 28.0. The van der Waals surface area contributed by atoms with E-state index in [0.29, 0.717) is 45.2 Å². The fourth-order valence-corrected chi connectivity index (χ4v) is 3.36. The van der Waals surface area contributed by atoms with Crippen LogP contribution >= 0.6 is 17.2 Å². The average Bonchev–Trinajstić information content (AvgIpc) is 2.76. The minimum Gasteiger partial charge on any atom is -0.592 e. The molecule has 33 heavy (non-hydrogen) atoms. The van der Waals surface area contributed by atoms with Crippen LogP contribution in [0.2, 0.25) is 0 Å². The summed E-state index contributed by atoms with van der Waals surface area (Å²) in [4.78, 5) is 21.5. The van der Waals surface area contributed by atoms with Crippen molar-refractivity contribution in [2.24, 2.45) is 0 Å². The Kier molecular flexibility index (Phi) is 31.6. The Balaban J connectivity index is -0.000000406. The monoisotopic (exact) mass is 601 g/mol. The molecule has 0 aliphatic carbocycles. The van der Waals surface area contributed by atoms with E-state index < -0.39 is 29.0 Å². The van der Waals surface area contributed by atoms with Crippen LogP contribution in [0.25, 0.3) is 5.32 Å². The first-order valence-corrected chi connectivity index (χ1v) is 12.8. The smallest absolute Gasteiger partial charge is 0.592 e. The van der Waals surface area contributed by atoms with E-state index in [-0.39, 0.29) is 22.4 Å². The molecule has 0 fully saturated rings. The maximum atomic E-state index is 11.1. The number of benzene rings is 1. The number of hydrogen-bond acceptors (Lipinski definition) is 8. The number of rotatable bonds is 13. The largest absolute Gasteiger partial charge is 1.00 e. The van der Waals surface area contributed by atoms with E-state index >= 15 is 0 Å². The SMILES string of the molecule is CC(=O)[N-]C(=O)c1ccccc1.CCOP(OCC)OCC.CCOP(OCC)OCC.[Ag+]. The summed E-state index contributed by atoms with van der Waals surface area (Å²) in [5.74, 6) is -0.952. The molecule has 12 heteroatoms. The van der Waals surface area contributed by atoms with E-state index in [4.69, 9.17) is 27.1 Å². The molecular weight excluding hydrogens is 564 g/mol. The zero-order valence-electron chi connectivity index (χ0n) is 20.5. The van der Waals surface area contributed by atoms with Crippen molar-refractivity contribution < 1.29 is 59.1 Å². The summed E-state index contributed by atoms with van der Waals surface area (Å²) in [5.41, 5.74) is 0.438. The van der Waals surface area contributed by atoms with Crippen LogP contribution in [-0.2, 0) is 54.3 Å². The van der Waals surface area contributed by atoms with Crippen molar-refractivity contribution in [2.45, 2.75) is 48.5 Å². The van der Waals surface area contributed by atoms with E-state index in [1.807, 2.05) is 41.5 Å². The van der Waals surface area contributed by atoms with Gasteiger partial charge in [0.1, 0.15) is 0 Å². The van der Waals surface area contributed by atoms with Gasteiger partial charge in [0.15, 0.2) is 0 Å². The fraction of sp³-hybridized carbons (Fsp3) is 0.619. The maximum Gasteiger partial charge on any atom is 1.00 e. The van der Waals surface area contributed by atoms with Gasteiger partial charge in [0.2, 0.25) is 0 Å². The minimum atomic E-state index is -1.06. The molecule has 0 atom stereocenters. The first-order chi connectivity index (χ1) is 15.4. The molecule has 9 nitrogen and oxygen atoms in total. The van der Waals surface area contributed by atoms with E-state index in [1.54, 1.807) is 30.3 Å². The Hall–Kier alpha value is -0.280. The van der Waals surface area contributed by atoms with Gasteiger partial charge in [0, 0.05) is 0 Å². The van der Waals surface area contributed by atoms with Crippen LogP contribution in [0.5, 0.6) is 0 Å². The predicted molar refractivity (Wildman–Crippen MR) is 128 cm³/mol. The van der Waals surface area contributed by atoms with E-state index in [9.17, 15) is 9.59 Å². The molecular formula is C21H38AgNO8P2. The molecule has 0 aromatic heterocycles. The van der Waals surface area contributed by atoms with Gasteiger partial charge in [-0.1, -0.05) is 30.3 Å². The van der Waals surface area contributed by atoms with Crippen LogP contribution in [-0.4, -0.2) is 51.5 Å². The van der Waals surface area contributed by atoms with Crippen LogP contribution in [0.3, 0.4) is 0 Å². The van der Waals surface area contributed by atoms with Crippen LogP contribution in [0.1, 0.15) is 58.8 Å². The number of imide groups is 1. The number of hydrogen-bond donors (Lipinski definition) is 0. The molecule has 0 bridgehead atoms. The molecule has 0 saturated carbocycles. The zero-order chi connectivity index (χ0) is 24.6. The summed E-state index contributed by atoms with van der Waals surface area (Å²) in [7, 11) is -2.12. The van der Waals surface area contributed by atoms with Gasteiger partial charge in [-0.15, -0.1) is 0 Å². The summed E-state index contributed by atoms with van der Waals surface area (Å²) in [6, 6.07) is 8.49. The Labute approximate surface area is 217 Å². The van der Waals surface area contributed by atoms with Gasteiger partial charge in [0.05, 0.1) is 51.5 Å². The third-order valence-electron chi connectivity index (χ3n) is 2.69. The molecule has 0 spiro atoms. The van der Waals surface area contributed by atoms with Crippen molar-refractivity contribution in [2.75, 3.05) is 39.6 Å². The van der Waals surface area contributed by atoms with Crippen molar-refractivity contribution in [3.63, 3.8) is 0 Å². The number of amides is 2. The van der Waals surface area contributed by atoms with Gasteiger partial charge in [0.25, 0.3) is 0 Å². The summed E-state index contributed by atoms with van der Waals surface area (Å²) in [6.07, 6.45) is 0. The number of nitrogens with zero attached hydrogens (tertiary/aromatic N) is 1. The summed E-state index contributed by atoms with van der Waals surface area (Å²) >= 11 is 0. The normalized spacial score (nSPS) is 9.85. The molecule has 0 aliphatic rings. The van der Waals surface area contributed by atoms with Crippen molar-refractivity contribution in [1.29, 1.82) is 0 Å². The molecule has 1 aromatic carbocycles. The van der Waals surface area contributed by atoms with Crippen molar-refractivity contribution in [1.82, 2.24) is 0 Å². The third kappa shape index (κ3) is 24.6. The molecule has 0 unspecified atom stereocenters. The average molecular weight is 602 g/mol. The van der Waals surface area contributed by atoms with Gasteiger partial charge in [-0.25, -0.2) is 0 Å². The Morgan fingerprint density at radius 2 is 0.970 bits per heavy atom. The Bertz CT molecular complexity index is 526. The van der Waals surface area contributed by atoms with E-state index in [0.717, 1.165) is 0 Å². The van der Waals surface area contributed by atoms with Crippen LogP contribution < -0.4 is 0 Å². The van der Waals surface area contributed by atoms with Crippen LogP contribution in [0.4, 0.5) is 0 Å². The predicted octanol–water partition coefficient (Wildman–Crippen LogP) is 6.39. The van der Waals surface area contributed by atoms with Crippen LogP contribution in [0.15, 0.2) is 30.3 Å². The third-order valence-corrected chi connectivity index (χ3v) is 5.50. The van der Waals surface area contributed by atoms with Gasteiger partial charge in [-0.2, -0.15) is 0 Å².